The van der Waals surface area contributed by atoms with Gasteiger partial charge in [0, 0.05) is 32.6 Å². The number of likely N-dealkylation sites (tertiary alicyclic amines) is 2. The number of hydrogen-bond acceptors (Lipinski definition) is 4. The molecule has 2 amide bonds. The number of carbonyl (C=O) groups is 2. The number of carbonyl (C=O) groups excluding carboxylic acids is 2. The summed E-state index contributed by atoms with van der Waals surface area (Å²) in [5.41, 5.74) is 1.38. The molecule has 2 aliphatic heterocycles. The van der Waals surface area contributed by atoms with E-state index >= 15 is 0 Å². The molecule has 2 saturated heterocycles. The Labute approximate surface area is 149 Å². The Hall–Kier alpha value is -1.85. The Bertz CT molecular complexity index is 619. The zero-order valence-electron chi connectivity index (χ0n) is 15.4. The van der Waals surface area contributed by atoms with Crippen molar-refractivity contribution in [2.45, 2.75) is 58.8 Å². The molecular formula is C19H29N3O3. The molecule has 25 heavy (non-hydrogen) atoms. The van der Waals surface area contributed by atoms with Gasteiger partial charge in [0.1, 0.15) is 11.3 Å². The molecule has 3 rings (SSSR count). The van der Waals surface area contributed by atoms with Crippen LogP contribution in [-0.2, 0) is 11.2 Å². The van der Waals surface area contributed by atoms with Crippen LogP contribution in [0, 0.1) is 12.8 Å². The second-order valence-corrected chi connectivity index (χ2v) is 7.30. The third kappa shape index (κ3) is 4.05. The summed E-state index contributed by atoms with van der Waals surface area (Å²) in [6.07, 6.45) is 6.55. The summed E-state index contributed by atoms with van der Waals surface area (Å²) in [6.45, 7) is 7.14. The van der Waals surface area contributed by atoms with Gasteiger partial charge in [-0.2, -0.15) is 0 Å². The lowest BCUT2D eigenvalue weighted by molar-refractivity contribution is -0.130. The van der Waals surface area contributed by atoms with Crippen LogP contribution in [0.15, 0.2) is 4.52 Å². The van der Waals surface area contributed by atoms with Gasteiger partial charge >= 0.3 is 0 Å². The molecule has 0 bridgehead atoms. The summed E-state index contributed by atoms with van der Waals surface area (Å²) in [7, 11) is 0. The first-order valence-electron chi connectivity index (χ1n) is 9.62. The highest BCUT2D eigenvalue weighted by Crippen LogP contribution is 2.25. The molecule has 6 heteroatoms. The van der Waals surface area contributed by atoms with Crippen LogP contribution in [0.3, 0.4) is 0 Å². The zero-order chi connectivity index (χ0) is 17.8. The van der Waals surface area contributed by atoms with E-state index in [1.54, 1.807) is 6.92 Å². The molecule has 138 valence electrons. The van der Waals surface area contributed by atoms with E-state index in [4.69, 9.17) is 4.52 Å². The number of hydrogen-bond donors (Lipinski definition) is 0. The van der Waals surface area contributed by atoms with Crippen LogP contribution in [0.2, 0.25) is 0 Å². The summed E-state index contributed by atoms with van der Waals surface area (Å²) in [5, 5.41) is 4.00. The molecule has 1 unspecified atom stereocenters. The first kappa shape index (κ1) is 18.0. The number of aromatic nitrogens is 1. The molecule has 1 aromatic heterocycles. The maximum atomic E-state index is 12.9. The van der Waals surface area contributed by atoms with Gasteiger partial charge < -0.3 is 14.3 Å². The van der Waals surface area contributed by atoms with E-state index in [9.17, 15) is 9.59 Å². The molecule has 1 aromatic rings. The summed E-state index contributed by atoms with van der Waals surface area (Å²) in [4.78, 5) is 29.1. The van der Waals surface area contributed by atoms with E-state index in [1.165, 1.54) is 0 Å². The lowest BCUT2D eigenvalue weighted by Gasteiger charge is -2.33. The Balaban J connectivity index is 1.56. The highest BCUT2D eigenvalue weighted by Gasteiger charge is 2.29. The van der Waals surface area contributed by atoms with Gasteiger partial charge in [-0.1, -0.05) is 12.1 Å². The van der Waals surface area contributed by atoms with Crippen LogP contribution >= 0.6 is 0 Å². The third-order valence-corrected chi connectivity index (χ3v) is 5.51. The van der Waals surface area contributed by atoms with E-state index in [0.29, 0.717) is 30.1 Å². The quantitative estimate of drug-likeness (QED) is 0.821. The van der Waals surface area contributed by atoms with Crippen LogP contribution < -0.4 is 0 Å². The fourth-order valence-electron chi connectivity index (χ4n) is 4.03. The molecule has 2 fully saturated rings. The van der Waals surface area contributed by atoms with Crippen LogP contribution in [-0.4, -0.2) is 52.9 Å². The van der Waals surface area contributed by atoms with Crippen molar-refractivity contribution in [3.05, 3.63) is 17.0 Å². The summed E-state index contributed by atoms with van der Waals surface area (Å²) in [5.74, 6) is 1.33. The molecule has 2 aliphatic rings. The minimum absolute atomic E-state index is 0.0335. The van der Waals surface area contributed by atoms with Crippen molar-refractivity contribution in [3.63, 3.8) is 0 Å². The summed E-state index contributed by atoms with van der Waals surface area (Å²) in [6, 6.07) is 0. The minimum atomic E-state index is 0.0335. The van der Waals surface area contributed by atoms with Crippen molar-refractivity contribution >= 4 is 11.8 Å². The molecular weight excluding hydrogens is 318 g/mol. The zero-order valence-corrected chi connectivity index (χ0v) is 15.4. The van der Waals surface area contributed by atoms with Crippen LogP contribution in [0.4, 0.5) is 0 Å². The first-order chi connectivity index (χ1) is 12.1. The molecule has 0 radical (unpaired) electrons. The molecule has 0 spiro atoms. The molecule has 1 atom stereocenters. The molecule has 0 N–H and O–H groups in total. The minimum Gasteiger partial charge on any atom is -0.361 e. The van der Waals surface area contributed by atoms with Gasteiger partial charge in [0.25, 0.3) is 5.91 Å². The largest absolute Gasteiger partial charge is 0.361 e. The number of amides is 2. The van der Waals surface area contributed by atoms with Crippen LogP contribution in [0.1, 0.15) is 67.3 Å². The fraction of sp³-hybridized carbons (Fsp3) is 0.737. The molecule has 0 aliphatic carbocycles. The van der Waals surface area contributed by atoms with Gasteiger partial charge in [-0.25, -0.2) is 0 Å². The number of piperidine rings is 1. The van der Waals surface area contributed by atoms with E-state index in [0.717, 1.165) is 64.0 Å². The summed E-state index contributed by atoms with van der Waals surface area (Å²) >= 11 is 0. The maximum Gasteiger partial charge on any atom is 0.259 e. The third-order valence-electron chi connectivity index (χ3n) is 5.51. The van der Waals surface area contributed by atoms with Gasteiger partial charge in [0.15, 0.2) is 0 Å². The van der Waals surface area contributed by atoms with Gasteiger partial charge in [-0.3, -0.25) is 9.59 Å². The van der Waals surface area contributed by atoms with Crippen molar-refractivity contribution in [2.75, 3.05) is 26.2 Å². The van der Waals surface area contributed by atoms with Crippen LogP contribution in [0.25, 0.3) is 0 Å². The van der Waals surface area contributed by atoms with Crippen molar-refractivity contribution in [1.29, 1.82) is 0 Å². The van der Waals surface area contributed by atoms with E-state index in [2.05, 4.69) is 5.16 Å². The van der Waals surface area contributed by atoms with E-state index in [1.807, 2.05) is 16.7 Å². The van der Waals surface area contributed by atoms with Gasteiger partial charge in [-0.05, 0) is 51.4 Å². The lowest BCUT2D eigenvalue weighted by Crippen LogP contribution is -2.40. The smallest absolute Gasteiger partial charge is 0.259 e. The maximum absolute atomic E-state index is 12.9. The predicted molar refractivity (Wildman–Crippen MR) is 94.3 cm³/mol. The van der Waals surface area contributed by atoms with Crippen molar-refractivity contribution in [3.8, 4) is 0 Å². The Morgan fingerprint density at radius 1 is 1.16 bits per heavy atom. The van der Waals surface area contributed by atoms with Crippen LogP contribution in [0.5, 0.6) is 0 Å². The highest BCUT2D eigenvalue weighted by molar-refractivity contribution is 5.96. The Morgan fingerprint density at radius 3 is 2.60 bits per heavy atom. The first-order valence-corrected chi connectivity index (χ1v) is 9.62. The van der Waals surface area contributed by atoms with E-state index in [-0.39, 0.29) is 11.8 Å². The number of nitrogens with zero attached hydrogens (tertiary/aromatic N) is 3. The second kappa shape index (κ2) is 8.02. The van der Waals surface area contributed by atoms with Crippen molar-refractivity contribution in [1.82, 2.24) is 15.0 Å². The van der Waals surface area contributed by atoms with Gasteiger partial charge in [-0.15, -0.1) is 0 Å². The van der Waals surface area contributed by atoms with E-state index < -0.39 is 0 Å². The average molecular weight is 347 g/mol. The Morgan fingerprint density at radius 2 is 1.88 bits per heavy atom. The number of aryl methyl sites for hydroxylation is 2. The fourth-order valence-corrected chi connectivity index (χ4v) is 4.03. The van der Waals surface area contributed by atoms with Crippen molar-refractivity contribution < 1.29 is 14.1 Å². The highest BCUT2D eigenvalue weighted by atomic mass is 16.5. The number of rotatable bonds is 5. The Kier molecular flexibility index (Phi) is 5.76. The lowest BCUT2D eigenvalue weighted by atomic mass is 9.92. The molecule has 0 aromatic carbocycles. The standard InChI is InChI=1S/C19H29N3O3/c1-3-16-18(14(2)25-20-16)19(24)22-12-6-7-15(13-22)8-9-17(23)21-10-4-5-11-21/h15H,3-13H2,1-2H3. The average Bonchev–Trinajstić information content (AvgIpc) is 3.29. The SMILES string of the molecule is CCc1noc(C)c1C(=O)N1CCCC(CCC(=O)N2CCCC2)C1. The second-order valence-electron chi connectivity index (χ2n) is 7.30. The monoisotopic (exact) mass is 347 g/mol. The van der Waals surface area contributed by atoms with Crippen molar-refractivity contribution in [2.24, 2.45) is 5.92 Å². The van der Waals surface area contributed by atoms with Gasteiger partial charge in [0.05, 0.1) is 5.69 Å². The van der Waals surface area contributed by atoms with Gasteiger partial charge in [0.2, 0.25) is 5.91 Å². The predicted octanol–water partition coefficient (Wildman–Crippen LogP) is 2.80. The topological polar surface area (TPSA) is 66.7 Å². The normalized spacial score (nSPS) is 21.0. The molecule has 6 nitrogen and oxygen atoms in total. The summed E-state index contributed by atoms with van der Waals surface area (Å²) < 4.78 is 5.21. The molecule has 3 heterocycles. The molecule has 0 saturated carbocycles.